The Morgan fingerprint density at radius 2 is 1.64 bits per heavy atom. The number of nitrogens with zero attached hydrogens (tertiary/aromatic N) is 1. The number of hydrogen-bond donors (Lipinski definition) is 0. The second-order valence-corrected chi connectivity index (χ2v) is 5.33. The lowest BCUT2D eigenvalue weighted by Crippen LogP contribution is -2.47. The molecule has 1 unspecified atom stereocenters. The summed E-state index contributed by atoms with van der Waals surface area (Å²) in [5.74, 6) is -2.56. The molecule has 2 aliphatic rings. The van der Waals surface area contributed by atoms with Crippen molar-refractivity contribution in [2.75, 3.05) is 27.9 Å². The van der Waals surface area contributed by atoms with Crippen molar-refractivity contribution in [1.29, 1.82) is 0 Å². The zero-order valence-electron chi connectivity index (χ0n) is 13.1. The van der Waals surface area contributed by atoms with Crippen molar-refractivity contribution in [2.45, 2.75) is 13.8 Å². The first-order valence-corrected chi connectivity index (χ1v) is 6.62. The van der Waals surface area contributed by atoms with E-state index in [9.17, 15) is 19.2 Å². The number of ketones is 2. The Kier molecular flexibility index (Phi) is 3.78. The highest BCUT2D eigenvalue weighted by Gasteiger charge is 2.62. The SMILES string of the molecule is COCC1(C(=O)OC)C(=O)N(C)C2=C1C(=O)C(C)=C(C)C2=O. The molecule has 1 atom stereocenters. The molecule has 0 fully saturated rings. The van der Waals surface area contributed by atoms with Crippen molar-refractivity contribution in [3.8, 4) is 0 Å². The van der Waals surface area contributed by atoms with Gasteiger partial charge in [0.2, 0.25) is 11.2 Å². The van der Waals surface area contributed by atoms with E-state index in [1.165, 1.54) is 28.0 Å². The van der Waals surface area contributed by atoms with Gasteiger partial charge in [-0.25, -0.2) is 0 Å². The third-order valence-corrected chi connectivity index (χ3v) is 4.25. The third-order valence-electron chi connectivity index (χ3n) is 4.25. The maximum atomic E-state index is 12.7. The summed E-state index contributed by atoms with van der Waals surface area (Å²) in [6.07, 6.45) is 0. The summed E-state index contributed by atoms with van der Waals surface area (Å²) in [6, 6.07) is 0. The number of carbonyl (C=O) groups is 4. The van der Waals surface area contributed by atoms with E-state index in [1.807, 2.05) is 0 Å². The molecule has 7 heteroatoms. The summed E-state index contributed by atoms with van der Waals surface area (Å²) < 4.78 is 9.73. The highest BCUT2D eigenvalue weighted by Crippen LogP contribution is 2.45. The fraction of sp³-hybridized carbons (Fsp3) is 0.467. The van der Waals surface area contributed by atoms with Crippen LogP contribution in [0.1, 0.15) is 13.8 Å². The van der Waals surface area contributed by atoms with Crippen LogP contribution < -0.4 is 0 Å². The van der Waals surface area contributed by atoms with Crippen LogP contribution in [0.5, 0.6) is 0 Å². The molecule has 1 amide bonds. The van der Waals surface area contributed by atoms with Gasteiger partial charge >= 0.3 is 5.97 Å². The van der Waals surface area contributed by atoms with E-state index in [-0.39, 0.29) is 29.0 Å². The standard InChI is InChI=1S/C15H17NO6/c1-7-8(2)12(18)10-9(11(7)17)15(6-21-4,14(20)22-5)13(19)16(10)3/h6H2,1-5H3. The largest absolute Gasteiger partial charge is 0.468 e. The van der Waals surface area contributed by atoms with E-state index < -0.39 is 28.9 Å². The number of likely N-dealkylation sites (N-methyl/N-ethyl adjacent to an activating group) is 1. The number of allylic oxidation sites excluding steroid dienone is 2. The fourth-order valence-electron chi connectivity index (χ4n) is 2.91. The van der Waals surface area contributed by atoms with Gasteiger partial charge in [0.15, 0.2) is 5.78 Å². The molecule has 1 heterocycles. The Bertz CT molecular complexity index is 672. The van der Waals surface area contributed by atoms with Gasteiger partial charge < -0.3 is 14.4 Å². The van der Waals surface area contributed by atoms with E-state index >= 15 is 0 Å². The van der Waals surface area contributed by atoms with Crippen molar-refractivity contribution >= 4 is 23.4 Å². The minimum absolute atomic E-state index is 0.0689. The van der Waals surface area contributed by atoms with Gasteiger partial charge in [-0.2, -0.15) is 0 Å². The zero-order valence-corrected chi connectivity index (χ0v) is 13.1. The van der Waals surface area contributed by atoms with Gasteiger partial charge in [-0.1, -0.05) is 0 Å². The first-order valence-electron chi connectivity index (χ1n) is 6.62. The predicted octanol–water partition coefficient (Wildman–Crippen LogP) is 0.00650. The lowest BCUT2D eigenvalue weighted by Gasteiger charge is -2.26. The van der Waals surface area contributed by atoms with E-state index in [1.54, 1.807) is 0 Å². The Labute approximate surface area is 127 Å². The van der Waals surface area contributed by atoms with Gasteiger partial charge in [0, 0.05) is 25.3 Å². The summed E-state index contributed by atoms with van der Waals surface area (Å²) >= 11 is 0. The number of rotatable bonds is 3. The van der Waals surface area contributed by atoms with Crippen LogP contribution in [0.2, 0.25) is 0 Å². The zero-order chi connectivity index (χ0) is 16.8. The van der Waals surface area contributed by atoms with Gasteiger partial charge in [0.25, 0.3) is 5.91 Å². The Balaban J connectivity index is 2.80. The average Bonchev–Trinajstić information content (AvgIpc) is 2.73. The average molecular weight is 307 g/mol. The van der Waals surface area contributed by atoms with Crippen molar-refractivity contribution < 1.29 is 28.7 Å². The molecule has 7 nitrogen and oxygen atoms in total. The first kappa shape index (κ1) is 16.1. The number of esters is 1. The number of ether oxygens (including phenoxy) is 2. The van der Waals surface area contributed by atoms with Crippen molar-refractivity contribution in [1.82, 2.24) is 4.90 Å². The molecular formula is C15H17NO6. The molecule has 1 aliphatic carbocycles. The van der Waals surface area contributed by atoms with Gasteiger partial charge in [0.1, 0.15) is 5.70 Å². The molecule has 0 aromatic carbocycles. The minimum atomic E-state index is -1.93. The van der Waals surface area contributed by atoms with Crippen LogP contribution in [0.25, 0.3) is 0 Å². The number of carbonyl (C=O) groups excluding carboxylic acids is 4. The van der Waals surface area contributed by atoms with Crippen molar-refractivity contribution in [3.63, 3.8) is 0 Å². The third kappa shape index (κ3) is 1.72. The lowest BCUT2D eigenvalue weighted by molar-refractivity contribution is -0.161. The fourth-order valence-corrected chi connectivity index (χ4v) is 2.91. The highest BCUT2D eigenvalue weighted by atomic mass is 16.5. The van der Waals surface area contributed by atoms with Crippen LogP contribution in [-0.2, 0) is 28.7 Å². The van der Waals surface area contributed by atoms with E-state index in [0.717, 1.165) is 12.0 Å². The molecule has 22 heavy (non-hydrogen) atoms. The summed E-state index contributed by atoms with van der Waals surface area (Å²) in [6.45, 7) is 2.65. The second-order valence-electron chi connectivity index (χ2n) is 5.33. The normalized spacial score (nSPS) is 25.1. The molecule has 0 bridgehead atoms. The summed E-state index contributed by atoms with van der Waals surface area (Å²) in [4.78, 5) is 51.1. The molecule has 0 spiro atoms. The van der Waals surface area contributed by atoms with Gasteiger partial charge in [-0.05, 0) is 13.8 Å². The molecule has 0 saturated carbocycles. The van der Waals surface area contributed by atoms with Crippen molar-refractivity contribution in [3.05, 3.63) is 22.4 Å². The quantitative estimate of drug-likeness (QED) is 0.414. The maximum Gasteiger partial charge on any atom is 0.328 e. The minimum Gasteiger partial charge on any atom is -0.468 e. The number of amides is 1. The second kappa shape index (κ2) is 5.17. The molecule has 0 saturated heterocycles. The highest BCUT2D eigenvalue weighted by molar-refractivity contribution is 6.33. The monoisotopic (exact) mass is 307 g/mol. The molecule has 0 aromatic heterocycles. The molecule has 0 N–H and O–H groups in total. The van der Waals surface area contributed by atoms with Crippen LogP contribution >= 0.6 is 0 Å². The summed E-state index contributed by atoms with van der Waals surface area (Å²) in [5, 5.41) is 0. The van der Waals surface area contributed by atoms with Crippen molar-refractivity contribution in [2.24, 2.45) is 5.41 Å². The smallest absolute Gasteiger partial charge is 0.328 e. The van der Waals surface area contributed by atoms with Crippen LogP contribution in [0.3, 0.4) is 0 Å². The van der Waals surface area contributed by atoms with Gasteiger partial charge in [0.05, 0.1) is 19.3 Å². The van der Waals surface area contributed by atoms with Crippen LogP contribution in [0.4, 0.5) is 0 Å². The van der Waals surface area contributed by atoms with E-state index in [2.05, 4.69) is 0 Å². The Hall–Kier alpha value is -2.28. The van der Waals surface area contributed by atoms with Crippen LogP contribution in [0, 0.1) is 5.41 Å². The van der Waals surface area contributed by atoms with Gasteiger partial charge in [-0.3, -0.25) is 19.2 Å². The molecule has 118 valence electrons. The van der Waals surface area contributed by atoms with Crippen LogP contribution in [-0.4, -0.2) is 56.2 Å². The summed E-state index contributed by atoms with van der Waals surface area (Å²) in [7, 11) is 3.78. The Morgan fingerprint density at radius 3 is 2.14 bits per heavy atom. The molecule has 2 rings (SSSR count). The van der Waals surface area contributed by atoms with Gasteiger partial charge in [-0.15, -0.1) is 0 Å². The maximum absolute atomic E-state index is 12.7. The molecule has 0 aromatic rings. The lowest BCUT2D eigenvalue weighted by atomic mass is 9.74. The number of methoxy groups -OCH3 is 2. The number of hydrogen-bond acceptors (Lipinski definition) is 6. The van der Waals surface area contributed by atoms with E-state index in [4.69, 9.17) is 9.47 Å². The Morgan fingerprint density at radius 1 is 1.09 bits per heavy atom. The first-order chi connectivity index (χ1) is 10.3. The molecule has 0 radical (unpaired) electrons. The van der Waals surface area contributed by atoms with Crippen LogP contribution in [0.15, 0.2) is 22.4 Å². The number of Topliss-reactive ketones (excluding diaryl/α,β-unsaturated/α-hetero) is 2. The molecular weight excluding hydrogens is 290 g/mol. The molecule has 1 aliphatic heterocycles. The predicted molar refractivity (Wildman–Crippen MR) is 74.5 cm³/mol. The summed E-state index contributed by atoms with van der Waals surface area (Å²) in [5.41, 5.74) is -1.66. The van der Waals surface area contributed by atoms with E-state index in [0.29, 0.717) is 0 Å². The topological polar surface area (TPSA) is 90.0 Å².